The molecule has 0 bridgehead atoms. The Morgan fingerprint density at radius 2 is 1.92 bits per heavy atom. The number of nitrogens with one attached hydrogen (secondary N) is 1. The van der Waals surface area contributed by atoms with Crippen LogP contribution in [0.2, 0.25) is 0 Å². The quantitative estimate of drug-likeness (QED) is 0.877. The van der Waals surface area contributed by atoms with E-state index in [0.29, 0.717) is 37.2 Å². The van der Waals surface area contributed by atoms with Crippen LogP contribution in [0.25, 0.3) is 11.0 Å². The summed E-state index contributed by atoms with van der Waals surface area (Å²) in [5.41, 5.74) is 0.559. The number of nitrogens with zero attached hydrogens (tertiary/aromatic N) is 3. The third-order valence-electron chi connectivity index (χ3n) is 4.92. The second-order valence-electron chi connectivity index (χ2n) is 6.30. The van der Waals surface area contributed by atoms with Gasteiger partial charge in [-0.1, -0.05) is 13.8 Å². The summed E-state index contributed by atoms with van der Waals surface area (Å²) in [5.74, 6) is 0.168. The second kappa shape index (κ2) is 7.13. The van der Waals surface area contributed by atoms with Gasteiger partial charge in [0, 0.05) is 49.9 Å². The van der Waals surface area contributed by atoms with Crippen LogP contribution in [0.3, 0.4) is 0 Å². The topological polar surface area (TPSA) is 86.4 Å². The number of aromatic amines is 1. The molecule has 1 aliphatic rings. The molecule has 136 valence electrons. The molecule has 7 nitrogen and oxygen atoms in total. The molecular weight excluding hydrogens is 340 g/mol. The molecule has 0 radical (unpaired) electrons. The van der Waals surface area contributed by atoms with Crippen LogP contribution in [0.4, 0.5) is 0 Å². The molecule has 1 N–H and O–H groups in total. The molecule has 1 amide bonds. The fourth-order valence-corrected chi connectivity index (χ4v) is 4.90. The summed E-state index contributed by atoms with van der Waals surface area (Å²) in [6.07, 6.45) is 4.75. The SMILES string of the molecule is CCC(CC)C(=O)N1CCN(S(=O)(=O)c2c[nH]c3ncccc23)CC1. The average molecular weight is 364 g/mol. The molecule has 2 aromatic rings. The number of rotatable bonds is 5. The summed E-state index contributed by atoms with van der Waals surface area (Å²) < 4.78 is 27.4. The molecule has 0 aromatic carbocycles. The number of fused-ring (bicyclic) bond motifs is 1. The van der Waals surface area contributed by atoms with Crippen molar-refractivity contribution in [2.24, 2.45) is 5.92 Å². The number of hydrogen-bond donors (Lipinski definition) is 1. The van der Waals surface area contributed by atoms with Gasteiger partial charge in [0.25, 0.3) is 0 Å². The summed E-state index contributed by atoms with van der Waals surface area (Å²) in [7, 11) is -3.60. The van der Waals surface area contributed by atoms with Gasteiger partial charge in [0.05, 0.1) is 0 Å². The summed E-state index contributed by atoms with van der Waals surface area (Å²) in [4.78, 5) is 21.6. The lowest BCUT2D eigenvalue weighted by molar-refractivity contribution is -0.136. The fourth-order valence-electron chi connectivity index (χ4n) is 3.33. The van der Waals surface area contributed by atoms with Crippen LogP contribution in [-0.4, -0.2) is 59.7 Å². The number of hydrogen-bond acceptors (Lipinski definition) is 4. The van der Waals surface area contributed by atoms with Crippen molar-refractivity contribution >= 4 is 27.0 Å². The predicted octanol–water partition coefficient (Wildman–Crippen LogP) is 1.83. The number of amides is 1. The van der Waals surface area contributed by atoms with Gasteiger partial charge in [-0.15, -0.1) is 0 Å². The van der Waals surface area contributed by atoms with Gasteiger partial charge < -0.3 is 9.88 Å². The van der Waals surface area contributed by atoms with Crippen molar-refractivity contribution in [3.8, 4) is 0 Å². The highest BCUT2D eigenvalue weighted by Crippen LogP contribution is 2.25. The zero-order valence-corrected chi connectivity index (χ0v) is 15.4. The molecule has 2 aromatic heterocycles. The van der Waals surface area contributed by atoms with Crippen LogP contribution in [0.1, 0.15) is 26.7 Å². The van der Waals surface area contributed by atoms with Gasteiger partial charge in [-0.05, 0) is 25.0 Å². The summed E-state index contributed by atoms with van der Waals surface area (Å²) in [6, 6.07) is 3.47. The van der Waals surface area contributed by atoms with Gasteiger partial charge in [-0.25, -0.2) is 13.4 Å². The Morgan fingerprint density at radius 1 is 1.24 bits per heavy atom. The van der Waals surface area contributed by atoms with Crippen LogP contribution < -0.4 is 0 Å². The first-order chi connectivity index (χ1) is 12.0. The highest BCUT2D eigenvalue weighted by atomic mass is 32.2. The maximum absolute atomic E-state index is 13.0. The molecule has 3 rings (SSSR count). The van der Waals surface area contributed by atoms with Crippen molar-refractivity contribution in [2.75, 3.05) is 26.2 Å². The van der Waals surface area contributed by atoms with Crippen molar-refractivity contribution in [2.45, 2.75) is 31.6 Å². The molecule has 0 saturated carbocycles. The van der Waals surface area contributed by atoms with E-state index in [1.54, 1.807) is 23.2 Å². The molecule has 0 aliphatic carbocycles. The van der Waals surface area contributed by atoms with Gasteiger partial charge in [0.2, 0.25) is 15.9 Å². The number of H-pyrrole nitrogens is 1. The van der Waals surface area contributed by atoms with E-state index in [9.17, 15) is 13.2 Å². The zero-order chi connectivity index (χ0) is 18.0. The first-order valence-corrected chi connectivity index (χ1v) is 10.1. The number of pyridine rings is 1. The van der Waals surface area contributed by atoms with E-state index >= 15 is 0 Å². The monoisotopic (exact) mass is 364 g/mol. The largest absolute Gasteiger partial charge is 0.345 e. The van der Waals surface area contributed by atoms with Crippen LogP contribution >= 0.6 is 0 Å². The summed E-state index contributed by atoms with van der Waals surface area (Å²) in [5, 5.41) is 0.595. The molecule has 1 fully saturated rings. The van der Waals surface area contributed by atoms with Crippen molar-refractivity contribution < 1.29 is 13.2 Å². The lowest BCUT2D eigenvalue weighted by atomic mass is 10.0. The van der Waals surface area contributed by atoms with E-state index in [1.807, 2.05) is 13.8 Å². The second-order valence-corrected chi connectivity index (χ2v) is 8.20. The molecular formula is C17H24N4O3S. The Hall–Kier alpha value is -1.93. The third kappa shape index (κ3) is 3.28. The first kappa shape index (κ1) is 17.9. The summed E-state index contributed by atoms with van der Waals surface area (Å²) >= 11 is 0. The Labute approximate surface area is 148 Å². The predicted molar refractivity (Wildman–Crippen MR) is 95.5 cm³/mol. The van der Waals surface area contributed by atoms with Crippen molar-refractivity contribution in [1.29, 1.82) is 0 Å². The average Bonchev–Trinajstić information content (AvgIpc) is 3.07. The van der Waals surface area contributed by atoms with Crippen LogP contribution in [-0.2, 0) is 14.8 Å². The molecule has 0 spiro atoms. The Bertz CT molecular complexity index is 850. The molecule has 25 heavy (non-hydrogen) atoms. The minimum Gasteiger partial charge on any atom is -0.345 e. The van der Waals surface area contributed by atoms with E-state index in [4.69, 9.17) is 0 Å². The fraction of sp³-hybridized carbons (Fsp3) is 0.529. The van der Waals surface area contributed by atoms with E-state index in [-0.39, 0.29) is 16.7 Å². The zero-order valence-electron chi connectivity index (χ0n) is 14.6. The number of sulfonamides is 1. The Morgan fingerprint density at radius 3 is 2.56 bits per heavy atom. The maximum atomic E-state index is 13.0. The highest BCUT2D eigenvalue weighted by Gasteiger charge is 2.33. The number of carbonyl (C=O) groups is 1. The van der Waals surface area contributed by atoms with Gasteiger partial charge in [0.1, 0.15) is 10.5 Å². The van der Waals surface area contributed by atoms with Gasteiger partial charge >= 0.3 is 0 Å². The van der Waals surface area contributed by atoms with Crippen LogP contribution in [0.15, 0.2) is 29.4 Å². The minimum atomic E-state index is -3.60. The molecule has 1 saturated heterocycles. The lowest BCUT2D eigenvalue weighted by Gasteiger charge is -2.35. The van der Waals surface area contributed by atoms with E-state index in [0.717, 1.165) is 12.8 Å². The Balaban J connectivity index is 1.75. The van der Waals surface area contributed by atoms with E-state index in [1.165, 1.54) is 10.5 Å². The smallest absolute Gasteiger partial charge is 0.245 e. The molecule has 0 atom stereocenters. The van der Waals surface area contributed by atoms with Crippen molar-refractivity contribution in [3.05, 3.63) is 24.5 Å². The van der Waals surface area contributed by atoms with E-state index in [2.05, 4.69) is 9.97 Å². The summed E-state index contributed by atoms with van der Waals surface area (Å²) in [6.45, 7) is 5.54. The van der Waals surface area contributed by atoms with Gasteiger partial charge in [-0.2, -0.15) is 4.31 Å². The Kier molecular flexibility index (Phi) is 5.10. The molecule has 3 heterocycles. The highest BCUT2D eigenvalue weighted by molar-refractivity contribution is 7.89. The van der Waals surface area contributed by atoms with Crippen LogP contribution in [0, 0.1) is 5.92 Å². The van der Waals surface area contributed by atoms with Crippen molar-refractivity contribution in [1.82, 2.24) is 19.2 Å². The third-order valence-corrected chi connectivity index (χ3v) is 6.85. The molecule has 8 heteroatoms. The number of piperazine rings is 1. The van der Waals surface area contributed by atoms with Gasteiger partial charge in [0.15, 0.2) is 0 Å². The number of aromatic nitrogens is 2. The lowest BCUT2D eigenvalue weighted by Crippen LogP contribution is -2.51. The standard InChI is InChI=1S/C17H24N4O3S/c1-3-13(4-2)17(22)20-8-10-21(11-9-20)25(23,24)15-12-19-16-14(15)6-5-7-18-16/h5-7,12-13H,3-4,8-11H2,1-2H3,(H,18,19). The molecule has 0 unspecified atom stereocenters. The van der Waals surface area contributed by atoms with Crippen LogP contribution in [0.5, 0.6) is 0 Å². The first-order valence-electron chi connectivity index (χ1n) is 8.70. The van der Waals surface area contributed by atoms with E-state index < -0.39 is 10.0 Å². The maximum Gasteiger partial charge on any atom is 0.245 e. The number of carbonyl (C=O) groups excluding carboxylic acids is 1. The van der Waals surface area contributed by atoms with Gasteiger partial charge in [-0.3, -0.25) is 4.79 Å². The normalized spacial score (nSPS) is 16.7. The molecule has 1 aliphatic heterocycles. The minimum absolute atomic E-state index is 0.0304. The van der Waals surface area contributed by atoms with Crippen molar-refractivity contribution in [3.63, 3.8) is 0 Å².